The number of fused-ring (bicyclic) bond motifs is 1. The van der Waals surface area contributed by atoms with Gasteiger partial charge in [-0.15, -0.1) is 0 Å². The van der Waals surface area contributed by atoms with Crippen LogP contribution in [0.15, 0.2) is 33.5 Å². The summed E-state index contributed by atoms with van der Waals surface area (Å²) in [5, 5.41) is 3.24. The van der Waals surface area contributed by atoms with Crippen LogP contribution in [-0.2, 0) is 0 Å². The van der Waals surface area contributed by atoms with E-state index in [1.54, 1.807) is 18.2 Å². The number of carbonyl (C=O) groups excluding carboxylic acids is 1. The van der Waals surface area contributed by atoms with Gasteiger partial charge in [0.15, 0.2) is 0 Å². The van der Waals surface area contributed by atoms with E-state index >= 15 is 0 Å². The van der Waals surface area contributed by atoms with E-state index in [0.29, 0.717) is 28.8 Å². The zero-order valence-electron chi connectivity index (χ0n) is 10.1. The molecule has 0 aliphatic rings. The van der Waals surface area contributed by atoms with Crippen molar-refractivity contribution in [2.75, 3.05) is 13.7 Å². The van der Waals surface area contributed by atoms with E-state index in [0.717, 1.165) is 0 Å². The van der Waals surface area contributed by atoms with E-state index in [-0.39, 0.29) is 5.91 Å². The highest BCUT2D eigenvalue weighted by Crippen LogP contribution is 2.22. The highest BCUT2D eigenvalue weighted by Gasteiger charge is 2.12. The first kappa shape index (κ1) is 12.2. The van der Waals surface area contributed by atoms with E-state index < -0.39 is 5.63 Å². The molecule has 0 unspecified atom stereocenters. The fourth-order valence-corrected chi connectivity index (χ4v) is 1.71. The third-order valence-electron chi connectivity index (χ3n) is 2.53. The fraction of sp³-hybridized carbons (Fsp3) is 0.231. The number of carbonyl (C=O) groups is 1. The van der Waals surface area contributed by atoms with Crippen LogP contribution in [-0.4, -0.2) is 19.6 Å². The molecule has 0 bridgehead atoms. The molecule has 0 radical (unpaired) electrons. The smallest absolute Gasteiger partial charge is 0.337 e. The van der Waals surface area contributed by atoms with Crippen LogP contribution < -0.4 is 15.7 Å². The van der Waals surface area contributed by atoms with Gasteiger partial charge in [0.25, 0.3) is 5.91 Å². The molecule has 0 aliphatic carbocycles. The Morgan fingerprint density at radius 1 is 1.39 bits per heavy atom. The van der Waals surface area contributed by atoms with Crippen LogP contribution >= 0.6 is 0 Å². The predicted octanol–water partition coefficient (Wildman–Crippen LogP) is 1.55. The molecule has 1 aromatic carbocycles. The van der Waals surface area contributed by atoms with Crippen molar-refractivity contribution < 1.29 is 13.9 Å². The summed E-state index contributed by atoms with van der Waals surface area (Å²) in [5.41, 5.74) is 0.0888. The Morgan fingerprint density at radius 2 is 2.17 bits per heavy atom. The maximum Gasteiger partial charge on any atom is 0.337 e. The van der Waals surface area contributed by atoms with Crippen molar-refractivity contribution in [2.24, 2.45) is 0 Å². The Bertz CT molecular complexity index is 645. The Labute approximate surface area is 103 Å². The van der Waals surface area contributed by atoms with Crippen LogP contribution in [0, 0.1) is 0 Å². The van der Waals surface area contributed by atoms with Crippen LogP contribution in [0.25, 0.3) is 11.0 Å². The topological polar surface area (TPSA) is 68.5 Å². The Balaban J connectivity index is 2.66. The standard InChI is InChI=1S/C13H13NO4/c1-3-14-13(16)10-7-12(15)18-11-6-8(17-2)4-5-9(10)11/h4-7H,3H2,1-2H3,(H,14,16). The van der Waals surface area contributed by atoms with Crippen LogP contribution in [0.3, 0.4) is 0 Å². The van der Waals surface area contributed by atoms with Gasteiger partial charge in [0.05, 0.1) is 12.7 Å². The zero-order valence-corrected chi connectivity index (χ0v) is 10.1. The molecule has 0 saturated heterocycles. The molecule has 0 fully saturated rings. The third-order valence-corrected chi connectivity index (χ3v) is 2.53. The van der Waals surface area contributed by atoms with Gasteiger partial charge in [-0.25, -0.2) is 4.79 Å². The second-order valence-electron chi connectivity index (χ2n) is 3.70. The number of hydrogen-bond donors (Lipinski definition) is 1. The molecule has 0 spiro atoms. The molecule has 1 amide bonds. The van der Waals surface area contributed by atoms with Gasteiger partial charge in [-0.2, -0.15) is 0 Å². The Hall–Kier alpha value is -2.30. The van der Waals surface area contributed by atoms with Crippen molar-refractivity contribution in [3.8, 4) is 5.75 Å². The molecule has 0 aliphatic heterocycles. The summed E-state index contributed by atoms with van der Waals surface area (Å²) in [6.45, 7) is 2.31. The minimum absolute atomic E-state index is 0.291. The van der Waals surface area contributed by atoms with Gasteiger partial charge in [-0.1, -0.05) is 0 Å². The Morgan fingerprint density at radius 3 is 2.83 bits per heavy atom. The van der Waals surface area contributed by atoms with E-state index in [4.69, 9.17) is 9.15 Å². The van der Waals surface area contributed by atoms with Crippen LogP contribution in [0.1, 0.15) is 17.3 Å². The molecule has 1 N–H and O–H groups in total. The molecular weight excluding hydrogens is 234 g/mol. The lowest BCUT2D eigenvalue weighted by Gasteiger charge is -2.06. The summed E-state index contributed by atoms with van der Waals surface area (Å²) >= 11 is 0. The van der Waals surface area contributed by atoms with Gasteiger partial charge in [0.1, 0.15) is 11.3 Å². The van der Waals surface area contributed by atoms with Crippen molar-refractivity contribution in [1.29, 1.82) is 0 Å². The van der Waals surface area contributed by atoms with E-state index in [1.165, 1.54) is 13.2 Å². The molecular formula is C13H13NO4. The zero-order chi connectivity index (χ0) is 13.1. The van der Waals surface area contributed by atoms with Gasteiger partial charge in [-0.3, -0.25) is 4.79 Å². The van der Waals surface area contributed by atoms with E-state index in [1.807, 2.05) is 6.92 Å². The van der Waals surface area contributed by atoms with E-state index in [2.05, 4.69) is 5.32 Å². The summed E-state index contributed by atoms with van der Waals surface area (Å²) in [5.74, 6) is 0.277. The molecule has 0 saturated carbocycles. The molecule has 1 aromatic heterocycles. The van der Waals surface area contributed by atoms with Gasteiger partial charge >= 0.3 is 5.63 Å². The van der Waals surface area contributed by atoms with Crippen molar-refractivity contribution in [3.05, 3.63) is 40.2 Å². The second kappa shape index (κ2) is 4.91. The molecule has 5 heteroatoms. The number of rotatable bonds is 3. The summed E-state index contributed by atoms with van der Waals surface area (Å²) in [6, 6.07) is 6.19. The number of methoxy groups -OCH3 is 1. The van der Waals surface area contributed by atoms with Crippen LogP contribution in [0.5, 0.6) is 5.75 Å². The summed E-state index contributed by atoms with van der Waals surface area (Å²) < 4.78 is 10.1. The maximum absolute atomic E-state index is 11.8. The van der Waals surface area contributed by atoms with Crippen LogP contribution in [0.2, 0.25) is 0 Å². The first-order valence-corrected chi connectivity index (χ1v) is 5.55. The van der Waals surface area contributed by atoms with Crippen molar-refractivity contribution in [1.82, 2.24) is 5.32 Å². The van der Waals surface area contributed by atoms with Crippen molar-refractivity contribution >= 4 is 16.9 Å². The minimum atomic E-state index is -0.558. The molecule has 1 heterocycles. The van der Waals surface area contributed by atoms with Crippen molar-refractivity contribution in [2.45, 2.75) is 6.92 Å². The van der Waals surface area contributed by atoms with Gasteiger partial charge in [-0.05, 0) is 19.1 Å². The lowest BCUT2D eigenvalue weighted by Crippen LogP contribution is -2.24. The molecule has 2 rings (SSSR count). The molecule has 18 heavy (non-hydrogen) atoms. The summed E-state index contributed by atoms with van der Waals surface area (Å²) in [7, 11) is 1.52. The highest BCUT2D eigenvalue weighted by atomic mass is 16.5. The van der Waals surface area contributed by atoms with Crippen LogP contribution in [0.4, 0.5) is 0 Å². The first-order chi connectivity index (χ1) is 8.65. The average molecular weight is 247 g/mol. The largest absolute Gasteiger partial charge is 0.497 e. The normalized spacial score (nSPS) is 10.3. The third kappa shape index (κ3) is 2.20. The molecule has 5 nitrogen and oxygen atoms in total. The summed E-state index contributed by atoms with van der Waals surface area (Å²) in [6.07, 6.45) is 0. The monoisotopic (exact) mass is 247 g/mol. The quantitative estimate of drug-likeness (QED) is 0.835. The van der Waals surface area contributed by atoms with Gasteiger partial charge in [0, 0.05) is 24.1 Å². The lowest BCUT2D eigenvalue weighted by atomic mass is 10.1. The maximum atomic E-state index is 11.8. The predicted molar refractivity (Wildman–Crippen MR) is 67.0 cm³/mol. The number of nitrogens with one attached hydrogen (secondary N) is 1. The van der Waals surface area contributed by atoms with Gasteiger partial charge in [0.2, 0.25) is 0 Å². The molecule has 2 aromatic rings. The minimum Gasteiger partial charge on any atom is -0.497 e. The van der Waals surface area contributed by atoms with Crippen molar-refractivity contribution in [3.63, 3.8) is 0 Å². The highest BCUT2D eigenvalue weighted by molar-refractivity contribution is 6.05. The molecule has 0 atom stereocenters. The number of ether oxygens (including phenoxy) is 1. The SMILES string of the molecule is CCNC(=O)c1cc(=O)oc2cc(OC)ccc12. The fourth-order valence-electron chi connectivity index (χ4n) is 1.71. The first-order valence-electron chi connectivity index (χ1n) is 5.55. The number of benzene rings is 1. The summed E-state index contributed by atoms with van der Waals surface area (Å²) in [4.78, 5) is 23.3. The number of hydrogen-bond acceptors (Lipinski definition) is 4. The molecule has 94 valence electrons. The number of amides is 1. The van der Waals surface area contributed by atoms with E-state index in [9.17, 15) is 9.59 Å². The Kier molecular flexibility index (Phi) is 3.32. The lowest BCUT2D eigenvalue weighted by molar-refractivity contribution is 0.0957. The second-order valence-corrected chi connectivity index (χ2v) is 3.70. The van der Waals surface area contributed by atoms with Gasteiger partial charge < -0.3 is 14.5 Å². The average Bonchev–Trinajstić information content (AvgIpc) is 2.37.